The molecule has 3 N–H and O–H groups in total. The van der Waals surface area contributed by atoms with Crippen molar-refractivity contribution in [1.29, 1.82) is 0 Å². The highest BCUT2D eigenvalue weighted by atomic mass is 35.5. The number of nitrogens with two attached hydrogens (primary N) is 1. The van der Waals surface area contributed by atoms with E-state index in [1.54, 1.807) is 24.5 Å². The summed E-state index contributed by atoms with van der Waals surface area (Å²) in [7, 11) is 0. The number of nitrogens with zero attached hydrogens (tertiary/aromatic N) is 1. The molecule has 2 rings (SSSR count). The second kappa shape index (κ2) is 7.03. The Hall–Kier alpha value is -1.91. The molecule has 0 spiro atoms. The molecule has 1 unspecified atom stereocenters. The number of hydrogen-bond acceptors (Lipinski definition) is 3. The Kier molecular flexibility index (Phi) is 5.09. The molecule has 1 amide bonds. The van der Waals surface area contributed by atoms with Crippen LogP contribution in [-0.4, -0.2) is 17.4 Å². The molecule has 1 atom stereocenters. The lowest BCUT2D eigenvalue weighted by Gasteiger charge is -2.15. The summed E-state index contributed by atoms with van der Waals surface area (Å²) >= 11 is 5.94. The van der Waals surface area contributed by atoms with Gasteiger partial charge in [-0.3, -0.25) is 9.78 Å². The zero-order valence-electron chi connectivity index (χ0n) is 10.9. The molecule has 1 heterocycles. The monoisotopic (exact) mass is 289 g/mol. The molecule has 0 aliphatic carbocycles. The van der Waals surface area contributed by atoms with Gasteiger partial charge in [0.2, 0.25) is 5.91 Å². The van der Waals surface area contributed by atoms with E-state index in [0.717, 1.165) is 11.1 Å². The number of hydrogen-bond donors (Lipinski definition) is 2. The Bertz CT molecular complexity index is 574. The molecule has 20 heavy (non-hydrogen) atoms. The van der Waals surface area contributed by atoms with Crippen LogP contribution in [0.25, 0.3) is 0 Å². The van der Waals surface area contributed by atoms with Crippen molar-refractivity contribution in [1.82, 2.24) is 10.3 Å². The fourth-order valence-electron chi connectivity index (χ4n) is 1.93. The van der Waals surface area contributed by atoms with E-state index < -0.39 is 5.92 Å². The van der Waals surface area contributed by atoms with E-state index in [-0.39, 0.29) is 12.5 Å². The topological polar surface area (TPSA) is 68.0 Å². The first kappa shape index (κ1) is 14.5. The number of nitrogens with one attached hydrogen (secondary N) is 1. The number of benzene rings is 1. The molecule has 0 aliphatic rings. The molecule has 5 heteroatoms. The zero-order chi connectivity index (χ0) is 14.4. The molecule has 4 nitrogen and oxygen atoms in total. The first-order valence-electron chi connectivity index (χ1n) is 6.33. The lowest BCUT2D eigenvalue weighted by molar-refractivity contribution is -0.122. The molecule has 0 saturated carbocycles. The molecule has 0 bridgehead atoms. The van der Waals surface area contributed by atoms with Gasteiger partial charge in [-0.05, 0) is 35.4 Å². The van der Waals surface area contributed by atoms with Gasteiger partial charge >= 0.3 is 0 Å². The number of halogens is 1. The minimum atomic E-state index is -0.393. The molecule has 0 fully saturated rings. The first-order chi connectivity index (χ1) is 9.70. The third kappa shape index (κ3) is 3.79. The summed E-state index contributed by atoms with van der Waals surface area (Å²) in [5, 5.41) is 3.48. The smallest absolute Gasteiger partial charge is 0.229 e. The minimum absolute atomic E-state index is 0.105. The Morgan fingerprint density at radius 1 is 1.30 bits per heavy atom. The van der Waals surface area contributed by atoms with Gasteiger partial charge in [-0.1, -0.05) is 23.7 Å². The largest absolute Gasteiger partial charge is 0.351 e. The highest BCUT2D eigenvalue weighted by Crippen LogP contribution is 2.19. The maximum absolute atomic E-state index is 12.2. The highest BCUT2D eigenvalue weighted by Gasteiger charge is 2.18. The summed E-state index contributed by atoms with van der Waals surface area (Å²) in [6.07, 6.45) is 3.39. The Labute approximate surface area is 123 Å². The van der Waals surface area contributed by atoms with Gasteiger partial charge in [-0.25, -0.2) is 0 Å². The van der Waals surface area contributed by atoms with Gasteiger partial charge in [-0.15, -0.1) is 0 Å². The van der Waals surface area contributed by atoms with Crippen LogP contribution >= 0.6 is 11.6 Å². The maximum Gasteiger partial charge on any atom is 0.229 e. The third-order valence-corrected chi connectivity index (χ3v) is 3.25. The van der Waals surface area contributed by atoms with Crippen molar-refractivity contribution in [3.8, 4) is 0 Å². The van der Waals surface area contributed by atoms with Crippen LogP contribution < -0.4 is 11.1 Å². The average Bonchev–Trinajstić information content (AvgIpc) is 2.47. The number of rotatable bonds is 5. The summed E-state index contributed by atoms with van der Waals surface area (Å²) in [5.41, 5.74) is 7.53. The van der Waals surface area contributed by atoms with Gasteiger partial charge in [0.25, 0.3) is 0 Å². The number of aromatic nitrogens is 1. The number of amides is 1. The van der Waals surface area contributed by atoms with Crippen LogP contribution in [0.3, 0.4) is 0 Å². The second-order valence-electron chi connectivity index (χ2n) is 4.42. The van der Waals surface area contributed by atoms with Crippen LogP contribution in [0.2, 0.25) is 5.02 Å². The van der Waals surface area contributed by atoms with Crippen molar-refractivity contribution in [2.75, 3.05) is 6.54 Å². The quantitative estimate of drug-likeness (QED) is 0.886. The molecule has 0 saturated heterocycles. The number of carbonyl (C=O) groups excluding carboxylic acids is 1. The van der Waals surface area contributed by atoms with Crippen molar-refractivity contribution in [3.63, 3.8) is 0 Å². The number of carbonyl (C=O) groups is 1. The second-order valence-corrected chi connectivity index (χ2v) is 4.85. The van der Waals surface area contributed by atoms with Crippen molar-refractivity contribution in [2.45, 2.75) is 12.5 Å². The van der Waals surface area contributed by atoms with Crippen LogP contribution in [0.15, 0.2) is 48.8 Å². The van der Waals surface area contributed by atoms with Crippen LogP contribution in [0.4, 0.5) is 0 Å². The summed E-state index contributed by atoms with van der Waals surface area (Å²) in [4.78, 5) is 16.1. The van der Waals surface area contributed by atoms with Crippen molar-refractivity contribution >= 4 is 17.5 Å². The van der Waals surface area contributed by atoms with Crippen molar-refractivity contribution in [3.05, 3.63) is 64.9 Å². The fourth-order valence-corrected chi connectivity index (χ4v) is 2.13. The summed E-state index contributed by atoms with van der Waals surface area (Å²) in [6, 6.07) is 10.9. The normalized spacial score (nSPS) is 11.9. The van der Waals surface area contributed by atoms with Gasteiger partial charge in [0, 0.05) is 30.5 Å². The molecule has 0 aliphatic heterocycles. The fraction of sp³-hybridized carbons (Fsp3) is 0.200. The van der Waals surface area contributed by atoms with Gasteiger partial charge < -0.3 is 11.1 Å². The lowest BCUT2D eigenvalue weighted by atomic mass is 9.98. The van der Waals surface area contributed by atoms with Gasteiger partial charge in [-0.2, -0.15) is 0 Å². The van der Waals surface area contributed by atoms with E-state index in [9.17, 15) is 4.79 Å². The standard InChI is InChI=1S/C15H16ClN3O/c16-13-3-1-2-12(8-13)14(9-17)15(20)19-10-11-4-6-18-7-5-11/h1-8,14H,9-10,17H2,(H,19,20). The Morgan fingerprint density at radius 3 is 2.70 bits per heavy atom. The molecule has 1 aromatic carbocycles. The zero-order valence-corrected chi connectivity index (χ0v) is 11.7. The maximum atomic E-state index is 12.2. The van der Waals surface area contributed by atoms with Crippen LogP contribution in [0.1, 0.15) is 17.0 Å². The van der Waals surface area contributed by atoms with Crippen LogP contribution in [-0.2, 0) is 11.3 Å². The molecule has 2 aromatic rings. The Morgan fingerprint density at radius 2 is 2.05 bits per heavy atom. The SMILES string of the molecule is NCC(C(=O)NCc1ccncc1)c1cccc(Cl)c1. The predicted octanol–water partition coefficient (Wildman–Crippen LogP) is 2.09. The van der Waals surface area contributed by atoms with E-state index >= 15 is 0 Å². The highest BCUT2D eigenvalue weighted by molar-refractivity contribution is 6.30. The van der Waals surface area contributed by atoms with E-state index in [1.807, 2.05) is 24.3 Å². The van der Waals surface area contributed by atoms with Crippen LogP contribution in [0.5, 0.6) is 0 Å². The lowest BCUT2D eigenvalue weighted by Crippen LogP contribution is -2.33. The molecule has 0 radical (unpaired) electrons. The Balaban J connectivity index is 2.02. The van der Waals surface area contributed by atoms with Crippen LogP contribution in [0, 0.1) is 0 Å². The van der Waals surface area contributed by atoms with Crippen molar-refractivity contribution in [2.24, 2.45) is 5.73 Å². The third-order valence-electron chi connectivity index (χ3n) is 3.02. The van der Waals surface area contributed by atoms with Crippen molar-refractivity contribution < 1.29 is 4.79 Å². The van der Waals surface area contributed by atoms with E-state index in [1.165, 1.54) is 0 Å². The molecular formula is C15H16ClN3O. The van der Waals surface area contributed by atoms with E-state index in [0.29, 0.717) is 11.6 Å². The average molecular weight is 290 g/mol. The first-order valence-corrected chi connectivity index (χ1v) is 6.70. The number of pyridine rings is 1. The summed E-state index contributed by atoms with van der Waals surface area (Å²) in [6.45, 7) is 0.695. The van der Waals surface area contributed by atoms with Gasteiger partial charge in [0.1, 0.15) is 0 Å². The van der Waals surface area contributed by atoms with Gasteiger partial charge in [0.05, 0.1) is 5.92 Å². The van der Waals surface area contributed by atoms with Gasteiger partial charge in [0.15, 0.2) is 0 Å². The van der Waals surface area contributed by atoms with E-state index in [4.69, 9.17) is 17.3 Å². The van der Waals surface area contributed by atoms with E-state index in [2.05, 4.69) is 10.3 Å². The predicted molar refractivity (Wildman–Crippen MR) is 79.3 cm³/mol. The minimum Gasteiger partial charge on any atom is -0.351 e. The molecule has 1 aromatic heterocycles. The molecular weight excluding hydrogens is 274 g/mol. The summed E-state index contributed by atoms with van der Waals surface area (Å²) < 4.78 is 0. The summed E-state index contributed by atoms with van der Waals surface area (Å²) in [5.74, 6) is -0.498. The molecule has 104 valence electrons.